The minimum Gasteiger partial charge on any atom is -0.467 e. The summed E-state index contributed by atoms with van der Waals surface area (Å²) in [5, 5.41) is 0. The Morgan fingerprint density at radius 2 is 1.57 bits per heavy atom. The van der Waals surface area contributed by atoms with Crippen LogP contribution in [-0.4, -0.2) is 18.7 Å². The Balaban J connectivity index is 2.01. The molecule has 0 aromatic heterocycles. The molecule has 3 rings (SSSR count). The normalized spacial score (nSPS) is 27.2. The second-order valence-electron chi connectivity index (χ2n) is 5.18. The van der Waals surface area contributed by atoms with Crippen molar-refractivity contribution >= 4 is 21.9 Å². The highest BCUT2D eigenvalue weighted by Crippen LogP contribution is 2.66. The Morgan fingerprint density at radius 1 is 1.05 bits per heavy atom. The highest BCUT2D eigenvalue weighted by atomic mass is 79.9. The first kappa shape index (κ1) is 14.3. The van der Waals surface area contributed by atoms with Gasteiger partial charge >= 0.3 is 5.97 Å². The zero-order chi connectivity index (χ0) is 15.0. The molecule has 1 aliphatic rings. The van der Waals surface area contributed by atoms with Gasteiger partial charge < -0.3 is 4.74 Å². The van der Waals surface area contributed by atoms with E-state index in [0.717, 1.165) is 15.6 Å². The summed E-state index contributed by atoms with van der Waals surface area (Å²) in [5.74, 6) is -1.79. The van der Waals surface area contributed by atoms with Gasteiger partial charge in [-0.1, -0.05) is 58.4 Å². The Hall–Kier alpha value is -1.68. The molecule has 108 valence electrons. The van der Waals surface area contributed by atoms with Gasteiger partial charge in [0.2, 0.25) is 5.67 Å². The Morgan fingerprint density at radius 3 is 2.10 bits per heavy atom. The quantitative estimate of drug-likeness (QED) is 0.776. The van der Waals surface area contributed by atoms with Crippen molar-refractivity contribution in [1.29, 1.82) is 0 Å². The van der Waals surface area contributed by atoms with Crippen molar-refractivity contribution in [2.75, 3.05) is 7.11 Å². The van der Waals surface area contributed by atoms with E-state index in [0.29, 0.717) is 0 Å². The molecule has 2 aromatic rings. The number of esters is 1. The van der Waals surface area contributed by atoms with E-state index in [1.54, 1.807) is 0 Å². The van der Waals surface area contributed by atoms with Crippen molar-refractivity contribution < 1.29 is 13.9 Å². The molecule has 1 fully saturated rings. The minimum atomic E-state index is -1.98. The predicted molar refractivity (Wildman–Crippen MR) is 81.9 cm³/mol. The van der Waals surface area contributed by atoms with Gasteiger partial charge in [0.25, 0.3) is 0 Å². The van der Waals surface area contributed by atoms with Crippen LogP contribution in [0.15, 0.2) is 59.1 Å². The van der Waals surface area contributed by atoms with Crippen LogP contribution in [0.1, 0.15) is 23.0 Å². The average molecular weight is 349 g/mol. The Kier molecular flexibility index (Phi) is 3.57. The van der Waals surface area contributed by atoms with E-state index in [-0.39, 0.29) is 0 Å². The molecule has 4 heteroatoms. The maximum atomic E-state index is 15.2. The summed E-state index contributed by atoms with van der Waals surface area (Å²) in [4.78, 5) is 11.9. The predicted octanol–water partition coefficient (Wildman–Crippen LogP) is 4.21. The number of alkyl halides is 1. The molecule has 21 heavy (non-hydrogen) atoms. The highest BCUT2D eigenvalue weighted by molar-refractivity contribution is 9.10. The van der Waals surface area contributed by atoms with Crippen molar-refractivity contribution in [3.8, 4) is 0 Å². The fraction of sp³-hybridized carbons (Fsp3) is 0.235. The maximum absolute atomic E-state index is 15.2. The van der Waals surface area contributed by atoms with E-state index < -0.39 is 23.5 Å². The van der Waals surface area contributed by atoms with Crippen LogP contribution in [0.2, 0.25) is 0 Å². The summed E-state index contributed by atoms with van der Waals surface area (Å²) in [7, 11) is 1.22. The zero-order valence-corrected chi connectivity index (χ0v) is 13.0. The summed E-state index contributed by atoms with van der Waals surface area (Å²) >= 11 is 3.36. The van der Waals surface area contributed by atoms with Gasteiger partial charge in [-0.05, 0) is 23.3 Å². The van der Waals surface area contributed by atoms with Crippen LogP contribution in [0.5, 0.6) is 0 Å². The number of halogens is 2. The number of carbonyl (C=O) groups excluding carboxylic acids is 1. The lowest BCUT2D eigenvalue weighted by molar-refractivity contribution is -0.148. The molecule has 3 unspecified atom stereocenters. The first-order valence-corrected chi connectivity index (χ1v) is 7.46. The van der Waals surface area contributed by atoms with E-state index in [9.17, 15) is 4.79 Å². The number of rotatable bonds is 3. The fourth-order valence-electron chi connectivity index (χ4n) is 2.97. The molecule has 0 spiro atoms. The van der Waals surface area contributed by atoms with Crippen LogP contribution in [0.3, 0.4) is 0 Å². The van der Waals surface area contributed by atoms with Crippen molar-refractivity contribution in [3.05, 3.63) is 70.2 Å². The van der Waals surface area contributed by atoms with E-state index in [4.69, 9.17) is 0 Å². The van der Waals surface area contributed by atoms with Crippen LogP contribution in [-0.2, 0) is 9.53 Å². The molecule has 2 nitrogen and oxygen atoms in total. The van der Waals surface area contributed by atoms with Crippen molar-refractivity contribution in [2.45, 2.75) is 17.5 Å². The summed E-state index contributed by atoms with van der Waals surface area (Å²) < 4.78 is 20.8. The van der Waals surface area contributed by atoms with Crippen molar-refractivity contribution in [1.82, 2.24) is 0 Å². The summed E-state index contributed by atoms with van der Waals surface area (Å²) in [6.45, 7) is 0. The minimum absolute atomic E-state index is 0.493. The molecule has 1 saturated carbocycles. The summed E-state index contributed by atoms with van der Waals surface area (Å²) in [6.07, 6.45) is 0. The van der Waals surface area contributed by atoms with Gasteiger partial charge in [-0.3, -0.25) is 0 Å². The molecule has 3 atom stereocenters. The molecule has 0 radical (unpaired) electrons. The maximum Gasteiger partial charge on any atom is 0.344 e. The number of hydrogen-bond acceptors (Lipinski definition) is 2. The third-order valence-electron chi connectivity index (χ3n) is 4.02. The second kappa shape index (κ2) is 5.26. The van der Waals surface area contributed by atoms with Crippen LogP contribution in [0, 0.1) is 0 Å². The van der Waals surface area contributed by atoms with Gasteiger partial charge in [-0.2, -0.15) is 0 Å². The van der Waals surface area contributed by atoms with E-state index in [1.807, 2.05) is 54.6 Å². The summed E-state index contributed by atoms with van der Waals surface area (Å²) in [6, 6.07) is 16.7. The topological polar surface area (TPSA) is 26.3 Å². The third kappa shape index (κ3) is 2.27. The molecule has 1 aliphatic carbocycles. The number of ether oxygens (including phenoxy) is 1. The van der Waals surface area contributed by atoms with Gasteiger partial charge in [0.15, 0.2) is 0 Å². The molecule has 2 aromatic carbocycles. The summed E-state index contributed by atoms with van der Waals surface area (Å²) in [5.41, 5.74) is -0.359. The largest absolute Gasteiger partial charge is 0.467 e. The lowest BCUT2D eigenvalue weighted by atomic mass is 10.0. The van der Waals surface area contributed by atoms with Crippen LogP contribution >= 0.6 is 15.9 Å². The van der Waals surface area contributed by atoms with Gasteiger partial charge in [0.05, 0.1) is 7.11 Å². The zero-order valence-electron chi connectivity index (χ0n) is 11.4. The highest BCUT2D eigenvalue weighted by Gasteiger charge is 2.73. The fourth-order valence-corrected chi connectivity index (χ4v) is 3.23. The molecular formula is C17H14BrFO2. The SMILES string of the molecule is COC(=O)C1(F)C(c2ccccc2)C1c1ccc(Br)cc1. The van der Waals surface area contributed by atoms with Crippen LogP contribution in [0.4, 0.5) is 4.39 Å². The number of benzene rings is 2. The lowest BCUT2D eigenvalue weighted by Gasteiger charge is -2.05. The van der Waals surface area contributed by atoms with Gasteiger partial charge in [-0.15, -0.1) is 0 Å². The van der Waals surface area contributed by atoms with E-state index in [2.05, 4.69) is 20.7 Å². The van der Waals surface area contributed by atoms with Gasteiger partial charge in [0.1, 0.15) is 0 Å². The second-order valence-corrected chi connectivity index (χ2v) is 6.09. The molecule has 0 N–H and O–H groups in total. The monoisotopic (exact) mass is 348 g/mol. The van der Waals surface area contributed by atoms with Crippen LogP contribution in [0.25, 0.3) is 0 Å². The van der Waals surface area contributed by atoms with Gasteiger partial charge in [0, 0.05) is 16.3 Å². The van der Waals surface area contributed by atoms with E-state index in [1.165, 1.54) is 7.11 Å². The van der Waals surface area contributed by atoms with E-state index >= 15 is 4.39 Å². The van der Waals surface area contributed by atoms with Crippen molar-refractivity contribution in [3.63, 3.8) is 0 Å². The molecule has 0 bridgehead atoms. The third-order valence-corrected chi connectivity index (χ3v) is 4.54. The first-order chi connectivity index (χ1) is 10.1. The molecular weight excluding hydrogens is 335 g/mol. The molecule has 0 saturated heterocycles. The lowest BCUT2D eigenvalue weighted by Crippen LogP contribution is -2.22. The number of hydrogen-bond donors (Lipinski definition) is 0. The van der Waals surface area contributed by atoms with Crippen LogP contribution < -0.4 is 0 Å². The first-order valence-electron chi connectivity index (χ1n) is 6.66. The Labute approximate surface area is 131 Å². The number of methoxy groups -OCH3 is 1. The smallest absolute Gasteiger partial charge is 0.344 e. The van der Waals surface area contributed by atoms with Gasteiger partial charge in [-0.25, -0.2) is 9.18 Å². The van der Waals surface area contributed by atoms with Crippen molar-refractivity contribution in [2.24, 2.45) is 0 Å². The average Bonchev–Trinajstić information content (AvgIpc) is 3.15. The number of carbonyl (C=O) groups is 1. The molecule has 0 aliphatic heterocycles. The molecule has 0 amide bonds. The standard InChI is InChI=1S/C17H14BrFO2/c1-21-16(20)17(19)14(11-5-3-2-4-6-11)15(17)12-7-9-13(18)10-8-12/h2-10,14-15H,1H3. The Bertz CT molecular complexity index is 656. The molecule has 0 heterocycles.